The highest BCUT2D eigenvalue weighted by molar-refractivity contribution is 5.95. The quantitative estimate of drug-likeness (QED) is 0.181. The van der Waals surface area contributed by atoms with Crippen molar-refractivity contribution in [3.8, 4) is 11.5 Å². The molecule has 0 fully saturated rings. The number of phenols is 2. The fraction of sp³-hybridized carbons (Fsp3) is 0.385. The van der Waals surface area contributed by atoms with Crippen molar-refractivity contribution in [1.82, 2.24) is 0 Å². The molecule has 0 heterocycles. The zero-order chi connectivity index (χ0) is 30.4. The molecule has 0 amide bonds. The molecule has 2 N–H and O–H groups in total. The SMILES string of the molecule is C/C=C\C/C(C)=C\C/C(C)=C\C/C(C)=C\C/C(C)=C\C/C(C)=C\C/C(C)=C\Cc1c(C)c(O)c2ccccc2c1O. The van der Waals surface area contributed by atoms with Crippen LogP contribution in [0.3, 0.4) is 0 Å². The summed E-state index contributed by atoms with van der Waals surface area (Å²) in [6.45, 7) is 17.1. The van der Waals surface area contributed by atoms with Gasteiger partial charge in [0.2, 0.25) is 0 Å². The zero-order valence-electron chi connectivity index (χ0n) is 26.8. The third kappa shape index (κ3) is 11.5. The number of allylic oxidation sites excluding steroid dienone is 14. The van der Waals surface area contributed by atoms with Crippen LogP contribution in [0.2, 0.25) is 0 Å². The van der Waals surface area contributed by atoms with E-state index in [-0.39, 0.29) is 11.5 Å². The van der Waals surface area contributed by atoms with Crippen LogP contribution < -0.4 is 0 Å². The molecule has 0 bridgehead atoms. The molecule has 0 atom stereocenters. The third-order valence-corrected chi connectivity index (χ3v) is 7.72. The van der Waals surface area contributed by atoms with Crippen molar-refractivity contribution in [1.29, 1.82) is 0 Å². The van der Waals surface area contributed by atoms with E-state index in [0.717, 1.165) is 49.7 Å². The van der Waals surface area contributed by atoms with E-state index in [4.69, 9.17) is 0 Å². The molecule has 0 aromatic heterocycles. The lowest BCUT2D eigenvalue weighted by molar-refractivity contribution is 0.461. The molecule has 2 heteroatoms. The van der Waals surface area contributed by atoms with E-state index in [2.05, 4.69) is 97.1 Å². The van der Waals surface area contributed by atoms with Crippen LogP contribution in [-0.2, 0) is 6.42 Å². The van der Waals surface area contributed by atoms with Gasteiger partial charge in [0.15, 0.2) is 0 Å². The Kier molecular flexibility index (Phi) is 14.2. The van der Waals surface area contributed by atoms with Gasteiger partial charge in [-0.1, -0.05) is 106 Å². The Labute approximate surface area is 249 Å². The molecule has 0 aliphatic carbocycles. The van der Waals surface area contributed by atoms with Crippen LogP contribution in [-0.4, -0.2) is 10.2 Å². The minimum absolute atomic E-state index is 0.257. The minimum atomic E-state index is 0.257. The second-order valence-electron chi connectivity index (χ2n) is 11.6. The first-order valence-corrected chi connectivity index (χ1v) is 15.0. The molecule has 0 aliphatic rings. The van der Waals surface area contributed by atoms with Gasteiger partial charge >= 0.3 is 0 Å². The maximum atomic E-state index is 10.8. The number of hydrogen-bond acceptors (Lipinski definition) is 2. The Bertz CT molecular complexity index is 1390. The number of fused-ring (bicyclic) bond motifs is 1. The van der Waals surface area contributed by atoms with Crippen LogP contribution in [0.15, 0.2) is 106 Å². The van der Waals surface area contributed by atoms with Crippen LogP contribution in [0.4, 0.5) is 0 Å². The fourth-order valence-electron chi connectivity index (χ4n) is 4.59. The summed E-state index contributed by atoms with van der Waals surface area (Å²) in [6.07, 6.45) is 24.7. The van der Waals surface area contributed by atoms with Crippen molar-refractivity contribution in [3.05, 3.63) is 117 Å². The zero-order valence-corrected chi connectivity index (χ0v) is 26.8. The largest absolute Gasteiger partial charge is 0.507 e. The molecule has 0 spiro atoms. The predicted molar refractivity (Wildman–Crippen MR) is 181 cm³/mol. The van der Waals surface area contributed by atoms with E-state index in [1.807, 2.05) is 31.2 Å². The van der Waals surface area contributed by atoms with Gasteiger partial charge in [0.1, 0.15) is 11.5 Å². The lowest BCUT2D eigenvalue weighted by Gasteiger charge is -2.13. The average molecular weight is 553 g/mol. The topological polar surface area (TPSA) is 40.5 Å². The summed E-state index contributed by atoms with van der Waals surface area (Å²) >= 11 is 0. The van der Waals surface area contributed by atoms with Gasteiger partial charge in [-0.3, -0.25) is 0 Å². The summed E-state index contributed by atoms with van der Waals surface area (Å²) in [7, 11) is 0. The van der Waals surface area contributed by atoms with E-state index in [1.54, 1.807) is 0 Å². The maximum Gasteiger partial charge on any atom is 0.127 e. The van der Waals surface area contributed by atoms with Crippen molar-refractivity contribution < 1.29 is 10.2 Å². The molecule has 0 saturated carbocycles. The Morgan fingerprint density at radius 2 is 0.927 bits per heavy atom. The van der Waals surface area contributed by atoms with Gasteiger partial charge in [0, 0.05) is 16.3 Å². The van der Waals surface area contributed by atoms with Gasteiger partial charge in [-0.2, -0.15) is 0 Å². The second-order valence-corrected chi connectivity index (χ2v) is 11.6. The number of rotatable bonds is 14. The second kappa shape index (κ2) is 17.3. The molecule has 2 rings (SSSR count). The van der Waals surface area contributed by atoms with Crippen LogP contribution in [0.5, 0.6) is 11.5 Å². The van der Waals surface area contributed by atoms with Crippen LogP contribution in [0.1, 0.15) is 98.1 Å². The van der Waals surface area contributed by atoms with Crippen LogP contribution in [0.25, 0.3) is 10.8 Å². The monoisotopic (exact) mass is 552 g/mol. The first kappa shape index (κ1) is 33.7. The van der Waals surface area contributed by atoms with Crippen LogP contribution >= 0.6 is 0 Å². The molecule has 41 heavy (non-hydrogen) atoms. The first-order chi connectivity index (χ1) is 19.5. The number of phenolic OH excluding ortho intramolecular Hbond substituents is 2. The summed E-state index contributed by atoms with van der Waals surface area (Å²) in [5, 5.41) is 22.9. The van der Waals surface area contributed by atoms with Crippen molar-refractivity contribution in [2.45, 2.75) is 100 Å². The highest BCUT2D eigenvalue weighted by Gasteiger charge is 2.14. The number of aromatic hydroxyl groups is 2. The molecule has 0 radical (unpaired) electrons. The highest BCUT2D eigenvalue weighted by Crippen LogP contribution is 2.39. The van der Waals surface area contributed by atoms with Gasteiger partial charge in [-0.15, -0.1) is 0 Å². The summed E-state index contributed by atoms with van der Waals surface area (Å²) in [5.41, 5.74) is 9.82. The molecule has 2 aromatic carbocycles. The molecular weight excluding hydrogens is 500 g/mol. The van der Waals surface area contributed by atoms with Gasteiger partial charge in [0.05, 0.1) is 0 Å². The summed E-state index contributed by atoms with van der Waals surface area (Å²) < 4.78 is 0. The van der Waals surface area contributed by atoms with Crippen molar-refractivity contribution in [2.24, 2.45) is 0 Å². The Morgan fingerprint density at radius 3 is 1.34 bits per heavy atom. The van der Waals surface area contributed by atoms with E-state index >= 15 is 0 Å². The smallest absolute Gasteiger partial charge is 0.127 e. The summed E-state index contributed by atoms with van der Waals surface area (Å²) in [5.74, 6) is 0.526. The summed E-state index contributed by atoms with van der Waals surface area (Å²) in [6, 6.07) is 7.46. The standard InChI is InChI=1S/C39H52O2/c1-9-10-13-28(2)16-17-29(3)18-19-30(4)20-21-31(5)22-23-32(6)24-25-33(7)26-27-35-34(8)38(40)36-14-11-12-15-37(36)39(35)41/h9-12,14-16,18,20,22,24,26,40-41H,13,17,19,21,23,25,27H2,1-8H3/b10-9-,28-16-,29-18-,30-20-,31-22-,32-24-,33-26-. The molecule has 0 saturated heterocycles. The highest BCUT2D eigenvalue weighted by atomic mass is 16.3. The summed E-state index contributed by atoms with van der Waals surface area (Å²) in [4.78, 5) is 0. The van der Waals surface area contributed by atoms with Gasteiger partial charge in [-0.25, -0.2) is 0 Å². The lowest BCUT2D eigenvalue weighted by atomic mass is 9.95. The molecule has 2 nitrogen and oxygen atoms in total. The maximum absolute atomic E-state index is 10.8. The predicted octanol–water partition coefficient (Wildman–Crippen LogP) is 11.7. The molecule has 0 unspecified atom stereocenters. The molecule has 0 aliphatic heterocycles. The Morgan fingerprint density at radius 1 is 0.561 bits per heavy atom. The molecule has 220 valence electrons. The van der Waals surface area contributed by atoms with Gasteiger partial charge < -0.3 is 10.2 Å². The van der Waals surface area contributed by atoms with E-state index in [1.165, 1.54) is 33.4 Å². The Balaban J connectivity index is 1.87. The number of benzene rings is 2. The normalized spacial score (nSPS) is 14.5. The molecule has 2 aromatic rings. The van der Waals surface area contributed by atoms with E-state index in [0.29, 0.717) is 17.2 Å². The van der Waals surface area contributed by atoms with Gasteiger partial charge in [-0.05, 0) is 106 Å². The third-order valence-electron chi connectivity index (χ3n) is 7.72. The number of hydrogen-bond donors (Lipinski definition) is 2. The van der Waals surface area contributed by atoms with Crippen molar-refractivity contribution in [3.63, 3.8) is 0 Å². The van der Waals surface area contributed by atoms with E-state index < -0.39 is 0 Å². The Hall–Kier alpha value is -3.52. The lowest BCUT2D eigenvalue weighted by Crippen LogP contribution is -1.92. The van der Waals surface area contributed by atoms with Gasteiger partial charge in [0.25, 0.3) is 0 Å². The van der Waals surface area contributed by atoms with Crippen molar-refractivity contribution >= 4 is 10.8 Å². The molecular formula is C39H52O2. The first-order valence-electron chi connectivity index (χ1n) is 15.0. The fourth-order valence-corrected chi connectivity index (χ4v) is 4.59. The van der Waals surface area contributed by atoms with E-state index in [9.17, 15) is 10.2 Å². The average Bonchev–Trinajstić information content (AvgIpc) is 2.97. The minimum Gasteiger partial charge on any atom is -0.507 e. The van der Waals surface area contributed by atoms with Crippen molar-refractivity contribution in [2.75, 3.05) is 0 Å². The van der Waals surface area contributed by atoms with Crippen LogP contribution in [0, 0.1) is 6.92 Å².